The zero-order valence-corrected chi connectivity index (χ0v) is 8.37. The zero-order chi connectivity index (χ0) is 10.7. The Kier molecular flexibility index (Phi) is 2.88. The number of benzene rings is 1. The number of β-amino-alcohol motifs (C(OH)–C–C–N with tert-alkyl or cyclic N) is 1. The Hall–Kier alpha value is -1.13. The van der Waals surface area contributed by atoms with E-state index < -0.39 is 5.60 Å². The number of aliphatic hydroxyl groups is 1. The molecule has 1 aromatic carbocycles. The van der Waals surface area contributed by atoms with Crippen molar-refractivity contribution in [3.63, 3.8) is 0 Å². The maximum atomic E-state index is 12.8. The molecular weight excluding hydrogens is 197 g/mol. The van der Waals surface area contributed by atoms with Crippen LogP contribution >= 0.6 is 0 Å². The Labute approximate surface area is 87.9 Å². The van der Waals surface area contributed by atoms with Crippen molar-refractivity contribution >= 4 is 0 Å². The standard InChI is InChI=1S/C11H14FNO2/c12-9-2-1-3-10(6-9)15-5-4-11(14)7-13-8-11/h1-3,6,13-14H,4-5,7-8H2. The van der Waals surface area contributed by atoms with Crippen molar-refractivity contribution in [1.29, 1.82) is 0 Å². The van der Waals surface area contributed by atoms with Gasteiger partial charge in [0.15, 0.2) is 0 Å². The fourth-order valence-electron chi connectivity index (χ4n) is 1.51. The van der Waals surface area contributed by atoms with Crippen LogP contribution in [0.15, 0.2) is 24.3 Å². The van der Waals surface area contributed by atoms with E-state index in [1.54, 1.807) is 12.1 Å². The minimum atomic E-state index is -0.632. The second-order valence-electron chi connectivity index (χ2n) is 3.88. The summed E-state index contributed by atoms with van der Waals surface area (Å²) in [4.78, 5) is 0. The third-order valence-corrected chi connectivity index (χ3v) is 2.54. The summed E-state index contributed by atoms with van der Waals surface area (Å²) in [5.41, 5.74) is -0.632. The summed E-state index contributed by atoms with van der Waals surface area (Å²) in [6, 6.07) is 6.01. The summed E-state index contributed by atoms with van der Waals surface area (Å²) in [6.07, 6.45) is 0.566. The number of halogens is 1. The molecule has 1 aromatic rings. The van der Waals surface area contributed by atoms with Gasteiger partial charge in [-0.25, -0.2) is 4.39 Å². The van der Waals surface area contributed by atoms with Crippen molar-refractivity contribution in [2.75, 3.05) is 19.7 Å². The monoisotopic (exact) mass is 211 g/mol. The van der Waals surface area contributed by atoms with E-state index in [0.29, 0.717) is 31.9 Å². The van der Waals surface area contributed by atoms with Crippen LogP contribution in [0.5, 0.6) is 5.75 Å². The van der Waals surface area contributed by atoms with E-state index in [0.717, 1.165) is 0 Å². The molecule has 1 aliphatic rings. The van der Waals surface area contributed by atoms with E-state index in [4.69, 9.17) is 4.74 Å². The van der Waals surface area contributed by atoms with E-state index >= 15 is 0 Å². The van der Waals surface area contributed by atoms with Gasteiger partial charge in [0.2, 0.25) is 0 Å². The fourth-order valence-corrected chi connectivity index (χ4v) is 1.51. The summed E-state index contributed by atoms with van der Waals surface area (Å²) in [6.45, 7) is 1.63. The van der Waals surface area contributed by atoms with Crippen LogP contribution in [0.4, 0.5) is 4.39 Å². The number of hydrogen-bond donors (Lipinski definition) is 2. The van der Waals surface area contributed by atoms with Crippen molar-refractivity contribution in [2.45, 2.75) is 12.0 Å². The van der Waals surface area contributed by atoms with Crippen LogP contribution in [0, 0.1) is 5.82 Å². The van der Waals surface area contributed by atoms with Gasteiger partial charge in [-0.15, -0.1) is 0 Å². The SMILES string of the molecule is OC1(CCOc2cccc(F)c2)CNC1. The van der Waals surface area contributed by atoms with Crippen molar-refractivity contribution in [1.82, 2.24) is 5.32 Å². The smallest absolute Gasteiger partial charge is 0.126 e. The van der Waals surface area contributed by atoms with Crippen LogP contribution < -0.4 is 10.1 Å². The molecule has 0 spiro atoms. The van der Waals surface area contributed by atoms with Gasteiger partial charge in [-0.2, -0.15) is 0 Å². The summed E-state index contributed by atoms with van der Waals surface area (Å²) in [7, 11) is 0. The topological polar surface area (TPSA) is 41.5 Å². The lowest BCUT2D eigenvalue weighted by Crippen LogP contribution is -2.59. The molecule has 1 saturated heterocycles. The molecule has 2 N–H and O–H groups in total. The van der Waals surface area contributed by atoms with Gasteiger partial charge in [-0.05, 0) is 12.1 Å². The van der Waals surface area contributed by atoms with E-state index in [-0.39, 0.29) is 5.82 Å². The predicted octanol–water partition coefficient (Wildman–Crippen LogP) is 0.929. The Morgan fingerprint density at radius 3 is 2.87 bits per heavy atom. The first kappa shape index (κ1) is 10.4. The molecular formula is C11H14FNO2. The van der Waals surface area contributed by atoms with Gasteiger partial charge in [-0.1, -0.05) is 6.07 Å². The first-order valence-corrected chi connectivity index (χ1v) is 4.99. The molecule has 0 radical (unpaired) electrons. The van der Waals surface area contributed by atoms with Gasteiger partial charge >= 0.3 is 0 Å². The molecule has 0 unspecified atom stereocenters. The van der Waals surface area contributed by atoms with Crippen LogP contribution in [0.25, 0.3) is 0 Å². The number of ether oxygens (including phenoxy) is 1. The molecule has 0 bridgehead atoms. The molecule has 2 rings (SSSR count). The molecule has 0 saturated carbocycles. The first-order valence-electron chi connectivity index (χ1n) is 4.99. The van der Waals surface area contributed by atoms with Gasteiger partial charge in [0.05, 0.1) is 12.2 Å². The van der Waals surface area contributed by atoms with E-state index in [1.165, 1.54) is 12.1 Å². The Morgan fingerprint density at radius 2 is 2.27 bits per heavy atom. The summed E-state index contributed by atoms with van der Waals surface area (Å²) in [5, 5.41) is 12.7. The van der Waals surface area contributed by atoms with Gasteiger partial charge in [0.25, 0.3) is 0 Å². The highest BCUT2D eigenvalue weighted by Crippen LogP contribution is 2.17. The summed E-state index contributed by atoms with van der Waals surface area (Å²) >= 11 is 0. The van der Waals surface area contributed by atoms with Gasteiger partial charge in [0.1, 0.15) is 11.6 Å². The highest BCUT2D eigenvalue weighted by atomic mass is 19.1. The summed E-state index contributed by atoms with van der Waals surface area (Å²) < 4.78 is 18.1. The number of hydrogen-bond acceptors (Lipinski definition) is 3. The van der Waals surface area contributed by atoms with Crippen molar-refractivity contribution in [2.24, 2.45) is 0 Å². The minimum Gasteiger partial charge on any atom is -0.493 e. The second-order valence-corrected chi connectivity index (χ2v) is 3.88. The Balaban J connectivity index is 1.78. The molecule has 1 fully saturated rings. The molecule has 4 heteroatoms. The van der Waals surface area contributed by atoms with E-state index in [1.807, 2.05) is 0 Å². The number of rotatable bonds is 4. The van der Waals surface area contributed by atoms with Crippen LogP contribution in [0.2, 0.25) is 0 Å². The van der Waals surface area contributed by atoms with Crippen LogP contribution in [0.3, 0.4) is 0 Å². The Morgan fingerprint density at radius 1 is 1.47 bits per heavy atom. The van der Waals surface area contributed by atoms with Gasteiger partial charge in [0, 0.05) is 25.6 Å². The minimum absolute atomic E-state index is 0.309. The molecule has 1 aliphatic heterocycles. The maximum Gasteiger partial charge on any atom is 0.126 e. The van der Waals surface area contributed by atoms with Crippen LogP contribution in [0.1, 0.15) is 6.42 Å². The number of nitrogens with one attached hydrogen (secondary N) is 1. The van der Waals surface area contributed by atoms with E-state index in [2.05, 4.69) is 5.32 Å². The lowest BCUT2D eigenvalue weighted by Gasteiger charge is -2.37. The Bertz CT molecular complexity index is 339. The maximum absolute atomic E-state index is 12.8. The first-order chi connectivity index (χ1) is 7.18. The van der Waals surface area contributed by atoms with Crippen molar-refractivity contribution < 1.29 is 14.2 Å². The summed E-state index contributed by atoms with van der Waals surface area (Å²) in [5.74, 6) is 0.197. The molecule has 82 valence electrons. The highest BCUT2D eigenvalue weighted by molar-refractivity contribution is 5.22. The van der Waals surface area contributed by atoms with Crippen molar-refractivity contribution in [3.8, 4) is 5.75 Å². The lowest BCUT2D eigenvalue weighted by atomic mass is 9.94. The average Bonchev–Trinajstić information content (AvgIpc) is 2.15. The molecule has 0 amide bonds. The molecule has 0 aliphatic carbocycles. The fraction of sp³-hybridized carbons (Fsp3) is 0.455. The predicted molar refractivity (Wildman–Crippen MR) is 54.3 cm³/mol. The van der Waals surface area contributed by atoms with Crippen molar-refractivity contribution in [3.05, 3.63) is 30.1 Å². The highest BCUT2D eigenvalue weighted by Gasteiger charge is 2.33. The molecule has 1 heterocycles. The third kappa shape index (κ3) is 2.67. The molecule has 0 atom stereocenters. The normalized spacial score (nSPS) is 18.3. The third-order valence-electron chi connectivity index (χ3n) is 2.54. The van der Waals surface area contributed by atoms with Crippen LogP contribution in [-0.4, -0.2) is 30.4 Å². The quantitative estimate of drug-likeness (QED) is 0.778. The zero-order valence-electron chi connectivity index (χ0n) is 8.37. The van der Waals surface area contributed by atoms with Gasteiger partial charge in [-0.3, -0.25) is 0 Å². The molecule has 15 heavy (non-hydrogen) atoms. The van der Waals surface area contributed by atoms with E-state index in [9.17, 15) is 9.50 Å². The van der Waals surface area contributed by atoms with Crippen LogP contribution in [-0.2, 0) is 0 Å². The van der Waals surface area contributed by atoms with Gasteiger partial charge < -0.3 is 15.2 Å². The molecule has 3 nitrogen and oxygen atoms in total. The largest absolute Gasteiger partial charge is 0.493 e. The lowest BCUT2D eigenvalue weighted by molar-refractivity contribution is -0.0262. The average molecular weight is 211 g/mol. The second kappa shape index (κ2) is 4.16. The molecule has 0 aromatic heterocycles.